The third kappa shape index (κ3) is 2.31. The monoisotopic (exact) mass is 344 g/mol. The second kappa shape index (κ2) is 4.82. The van der Waals surface area contributed by atoms with Crippen molar-refractivity contribution in [3.8, 4) is 0 Å². The quantitative estimate of drug-likeness (QED) is 0.511. The van der Waals surface area contributed by atoms with Crippen LogP contribution in [0.1, 0.15) is 16.2 Å². The summed E-state index contributed by atoms with van der Waals surface area (Å²) in [4.78, 5) is 30.0. The number of aromatic amines is 1. The lowest BCUT2D eigenvalue weighted by Crippen LogP contribution is -2.11. The van der Waals surface area contributed by atoms with Crippen LogP contribution in [0.15, 0.2) is 23.0 Å². The van der Waals surface area contributed by atoms with Crippen molar-refractivity contribution < 1.29 is 9.53 Å². The Morgan fingerprint density at radius 1 is 1.53 bits per heavy atom. The molecule has 0 aliphatic carbocycles. The molecule has 2 aromatic rings. The number of nitrogens with one attached hydrogen (secondary N) is 1. The van der Waals surface area contributed by atoms with Gasteiger partial charge in [0.05, 0.1) is 28.0 Å². The molecule has 17 heavy (non-hydrogen) atoms. The lowest BCUT2D eigenvalue weighted by atomic mass is 10.1. The van der Waals surface area contributed by atoms with Crippen molar-refractivity contribution >= 4 is 39.5 Å². The van der Waals surface area contributed by atoms with E-state index in [0.29, 0.717) is 26.7 Å². The van der Waals surface area contributed by atoms with Gasteiger partial charge >= 0.3 is 5.97 Å². The highest BCUT2D eigenvalue weighted by Crippen LogP contribution is 2.12. The highest BCUT2D eigenvalue weighted by Gasteiger charge is 2.09. The van der Waals surface area contributed by atoms with E-state index in [1.807, 2.05) is 0 Å². The lowest BCUT2D eigenvalue weighted by molar-refractivity contribution is 0.0601. The topological polar surface area (TPSA) is 72.1 Å². The molecule has 1 aromatic carbocycles. The minimum atomic E-state index is -0.440. The van der Waals surface area contributed by atoms with Gasteiger partial charge in [-0.15, -0.1) is 0 Å². The number of esters is 1. The van der Waals surface area contributed by atoms with Crippen LogP contribution < -0.4 is 5.56 Å². The number of halogens is 1. The zero-order valence-electron chi connectivity index (χ0n) is 8.99. The van der Waals surface area contributed by atoms with Crippen molar-refractivity contribution in [1.82, 2.24) is 9.97 Å². The van der Waals surface area contributed by atoms with E-state index in [-0.39, 0.29) is 5.56 Å². The average Bonchev–Trinajstić information content (AvgIpc) is 2.36. The molecule has 0 spiro atoms. The van der Waals surface area contributed by atoms with E-state index in [9.17, 15) is 9.59 Å². The summed E-state index contributed by atoms with van der Waals surface area (Å²) < 4.78 is 5.22. The van der Waals surface area contributed by atoms with Gasteiger partial charge in [0.25, 0.3) is 5.56 Å². The zero-order chi connectivity index (χ0) is 12.4. The number of ether oxygens (including phenoxy) is 1. The van der Waals surface area contributed by atoms with Crippen LogP contribution in [0, 0.1) is 0 Å². The highest BCUT2D eigenvalue weighted by atomic mass is 127. The fourth-order valence-electron chi connectivity index (χ4n) is 1.50. The molecule has 6 heteroatoms. The Morgan fingerprint density at radius 2 is 2.29 bits per heavy atom. The van der Waals surface area contributed by atoms with Gasteiger partial charge in [-0.2, -0.15) is 0 Å². The Kier molecular flexibility index (Phi) is 3.41. The van der Waals surface area contributed by atoms with Crippen LogP contribution in [0.5, 0.6) is 0 Å². The Morgan fingerprint density at radius 3 is 2.94 bits per heavy atom. The molecule has 0 aliphatic heterocycles. The van der Waals surface area contributed by atoms with Gasteiger partial charge in [-0.1, -0.05) is 22.6 Å². The fraction of sp³-hybridized carbons (Fsp3) is 0.182. The number of fused-ring (bicyclic) bond motifs is 1. The Hall–Kier alpha value is -1.44. The van der Waals surface area contributed by atoms with Gasteiger partial charge in [0.2, 0.25) is 0 Å². The number of rotatable bonds is 2. The third-order valence-electron chi connectivity index (χ3n) is 2.30. The second-order valence-electron chi connectivity index (χ2n) is 3.37. The van der Waals surface area contributed by atoms with Gasteiger partial charge in [-0.3, -0.25) is 4.79 Å². The predicted molar refractivity (Wildman–Crippen MR) is 71.4 cm³/mol. The van der Waals surface area contributed by atoms with Crippen LogP contribution in [-0.4, -0.2) is 23.0 Å². The predicted octanol–water partition coefficient (Wildman–Crippen LogP) is 1.64. The maximum Gasteiger partial charge on any atom is 0.337 e. The van der Waals surface area contributed by atoms with Crippen LogP contribution in [0.25, 0.3) is 10.9 Å². The molecule has 0 saturated carbocycles. The first-order valence-electron chi connectivity index (χ1n) is 4.83. The van der Waals surface area contributed by atoms with E-state index in [1.165, 1.54) is 7.11 Å². The van der Waals surface area contributed by atoms with Crippen molar-refractivity contribution in [2.24, 2.45) is 0 Å². The van der Waals surface area contributed by atoms with E-state index in [0.717, 1.165) is 0 Å². The van der Waals surface area contributed by atoms with E-state index < -0.39 is 5.97 Å². The summed E-state index contributed by atoms with van der Waals surface area (Å²) >= 11 is 2.11. The third-order valence-corrected chi connectivity index (χ3v) is 3.03. The number of nitrogens with zero attached hydrogens (tertiary/aromatic N) is 1. The first kappa shape index (κ1) is 12.0. The molecule has 1 N–H and O–H groups in total. The Bertz CT molecular complexity index is 636. The standard InChI is InChI=1S/C11H9IN2O3/c1-17-11(16)6-2-3-7-8(4-6)13-9(5-12)14-10(7)15/h2-4H,5H2,1H3,(H,13,14,15). The van der Waals surface area contributed by atoms with E-state index >= 15 is 0 Å². The molecular weight excluding hydrogens is 335 g/mol. The van der Waals surface area contributed by atoms with E-state index in [2.05, 4.69) is 37.3 Å². The first-order valence-corrected chi connectivity index (χ1v) is 6.35. The molecule has 1 aromatic heterocycles. The molecule has 0 saturated heterocycles. The molecular formula is C11H9IN2O3. The minimum Gasteiger partial charge on any atom is -0.465 e. The normalized spacial score (nSPS) is 10.5. The van der Waals surface area contributed by atoms with E-state index in [1.54, 1.807) is 18.2 Å². The number of methoxy groups -OCH3 is 1. The van der Waals surface area contributed by atoms with Gasteiger partial charge in [0.15, 0.2) is 0 Å². The van der Waals surface area contributed by atoms with Crippen molar-refractivity contribution in [2.75, 3.05) is 7.11 Å². The summed E-state index contributed by atoms with van der Waals surface area (Å²) in [6, 6.07) is 4.69. The van der Waals surface area contributed by atoms with Gasteiger partial charge < -0.3 is 9.72 Å². The number of alkyl halides is 1. The molecule has 5 nitrogen and oxygen atoms in total. The zero-order valence-corrected chi connectivity index (χ0v) is 11.1. The molecule has 0 unspecified atom stereocenters. The second-order valence-corrected chi connectivity index (χ2v) is 4.13. The smallest absolute Gasteiger partial charge is 0.337 e. The molecule has 0 bridgehead atoms. The Balaban J connectivity index is 2.67. The molecule has 88 valence electrons. The summed E-state index contributed by atoms with van der Waals surface area (Å²) in [7, 11) is 1.31. The van der Waals surface area contributed by atoms with Crippen molar-refractivity contribution in [2.45, 2.75) is 4.43 Å². The summed E-state index contributed by atoms with van der Waals surface area (Å²) in [5.74, 6) is 0.148. The number of hydrogen-bond acceptors (Lipinski definition) is 4. The highest BCUT2D eigenvalue weighted by molar-refractivity contribution is 14.1. The van der Waals surface area contributed by atoms with Gasteiger partial charge in [-0.05, 0) is 18.2 Å². The summed E-state index contributed by atoms with van der Waals surface area (Å²) in [6.45, 7) is 0. The van der Waals surface area contributed by atoms with E-state index in [4.69, 9.17) is 0 Å². The number of benzene rings is 1. The molecule has 0 atom stereocenters. The largest absolute Gasteiger partial charge is 0.465 e. The molecule has 0 amide bonds. The summed E-state index contributed by atoms with van der Waals surface area (Å²) in [5, 5.41) is 0.464. The van der Waals surface area contributed by atoms with Crippen molar-refractivity contribution in [3.63, 3.8) is 0 Å². The molecule has 0 radical (unpaired) electrons. The lowest BCUT2D eigenvalue weighted by Gasteiger charge is -2.02. The molecule has 0 aliphatic rings. The maximum atomic E-state index is 11.7. The van der Waals surface area contributed by atoms with Crippen molar-refractivity contribution in [1.29, 1.82) is 0 Å². The minimum absolute atomic E-state index is 0.196. The number of H-pyrrole nitrogens is 1. The van der Waals surface area contributed by atoms with Crippen LogP contribution in [0.3, 0.4) is 0 Å². The van der Waals surface area contributed by atoms with Crippen molar-refractivity contribution in [3.05, 3.63) is 39.9 Å². The first-order chi connectivity index (χ1) is 8.15. The van der Waals surface area contributed by atoms with Gasteiger partial charge in [0, 0.05) is 0 Å². The fourth-order valence-corrected chi connectivity index (χ4v) is 1.86. The number of aromatic nitrogens is 2. The van der Waals surface area contributed by atoms with Crippen LogP contribution in [0.4, 0.5) is 0 Å². The Labute approximate surface area is 110 Å². The summed E-state index contributed by atoms with van der Waals surface area (Å²) in [5.41, 5.74) is 0.693. The van der Waals surface area contributed by atoms with Crippen LogP contribution >= 0.6 is 22.6 Å². The van der Waals surface area contributed by atoms with Gasteiger partial charge in [0.1, 0.15) is 5.82 Å². The number of carbonyl (C=O) groups is 1. The SMILES string of the molecule is COC(=O)c1ccc2c(=O)[nH]c(CI)nc2c1. The number of hydrogen-bond donors (Lipinski definition) is 1. The maximum absolute atomic E-state index is 11.7. The van der Waals surface area contributed by atoms with Gasteiger partial charge in [-0.25, -0.2) is 9.78 Å². The number of carbonyl (C=O) groups excluding carboxylic acids is 1. The summed E-state index contributed by atoms with van der Waals surface area (Å²) in [6.07, 6.45) is 0. The van der Waals surface area contributed by atoms with Crippen LogP contribution in [0.2, 0.25) is 0 Å². The molecule has 1 heterocycles. The average molecular weight is 344 g/mol. The van der Waals surface area contributed by atoms with Crippen LogP contribution in [-0.2, 0) is 9.16 Å². The molecule has 2 rings (SSSR count). The molecule has 0 fully saturated rings.